The summed E-state index contributed by atoms with van der Waals surface area (Å²) in [5.74, 6) is 0.194. The molecule has 0 aliphatic rings. The van der Waals surface area contributed by atoms with Gasteiger partial charge in [-0.3, -0.25) is 4.79 Å². The smallest absolute Gasteiger partial charge is 0.169 e. The minimum atomic E-state index is -0.399. The molecule has 0 saturated heterocycles. The number of nitrogens with zero attached hydrogens (tertiary/aromatic N) is 1. The van der Waals surface area contributed by atoms with Gasteiger partial charge >= 0.3 is 0 Å². The van der Waals surface area contributed by atoms with Gasteiger partial charge < -0.3 is 9.30 Å². The van der Waals surface area contributed by atoms with Crippen molar-refractivity contribution in [1.29, 1.82) is 0 Å². The van der Waals surface area contributed by atoms with Gasteiger partial charge in [0.05, 0.1) is 14.0 Å². The number of aryl methyl sites for hydroxylation is 1. The second-order valence-corrected chi connectivity index (χ2v) is 5.98. The zero-order valence-electron chi connectivity index (χ0n) is 19.6. The number of carbonyl (C=O) groups excluding carboxylic acids is 1. The number of rotatable bonds is 8. The monoisotopic (exact) mass is 340 g/mol. The lowest BCUT2D eigenvalue weighted by atomic mass is 10.0. The lowest BCUT2D eigenvalue weighted by Crippen LogP contribution is -2.04. The molecule has 3 heteroatoms. The summed E-state index contributed by atoms with van der Waals surface area (Å²) in [7, 11) is 1.52. The number of carbonyl (C=O) groups is 1. The van der Waals surface area contributed by atoms with Crippen molar-refractivity contribution < 1.29 is 16.4 Å². The number of aromatic nitrogens is 1. The number of fused-ring (bicyclic) bond motifs is 1. The Balaban J connectivity index is 2.20. The van der Waals surface area contributed by atoms with Gasteiger partial charge in [0.15, 0.2) is 5.78 Å². The van der Waals surface area contributed by atoms with Crippen LogP contribution in [0, 0.1) is 0 Å². The maximum Gasteiger partial charge on any atom is 0.169 e. The Morgan fingerprint density at radius 2 is 2.00 bits per heavy atom. The lowest BCUT2D eigenvalue weighted by molar-refractivity contribution is 0.0993. The van der Waals surface area contributed by atoms with Crippen molar-refractivity contribution in [2.75, 3.05) is 7.11 Å². The van der Waals surface area contributed by atoms with Gasteiger partial charge in [-0.2, -0.15) is 0 Å². The predicted octanol–water partition coefficient (Wildman–Crippen LogP) is 5.27. The minimum absolute atomic E-state index is 0.0211. The van der Waals surface area contributed by atoms with Crippen LogP contribution in [-0.2, 0) is 13.0 Å². The zero-order valence-corrected chi connectivity index (χ0v) is 14.6. The lowest BCUT2D eigenvalue weighted by Gasteiger charge is -2.07. The van der Waals surface area contributed by atoms with Crippen molar-refractivity contribution in [3.8, 4) is 5.75 Å². The molecule has 0 N–H and O–H groups in total. The molecule has 0 saturated carbocycles. The number of para-hydroxylation sites is 2. The summed E-state index contributed by atoms with van der Waals surface area (Å²) in [6, 6.07) is 5.88. The first-order valence-corrected chi connectivity index (χ1v) is 8.57. The predicted molar refractivity (Wildman–Crippen MR) is 102 cm³/mol. The van der Waals surface area contributed by atoms with E-state index in [0.29, 0.717) is 17.9 Å². The van der Waals surface area contributed by atoms with Crippen LogP contribution in [0.2, 0.25) is 0 Å². The summed E-state index contributed by atoms with van der Waals surface area (Å²) >= 11 is 0. The third kappa shape index (κ3) is 3.76. The summed E-state index contributed by atoms with van der Waals surface area (Å²) in [5.41, 5.74) is 0.932. The van der Waals surface area contributed by atoms with E-state index in [1.807, 2.05) is 0 Å². The molecular weight excluding hydrogens is 310 g/mol. The first kappa shape index (κ1) is 11.9. The van der Waals surface area contributed by atoms with E-state index in [1.165, 1.54) is 7.11 Å². The van der Waals surface area contributed by atoms with E-state index >= 15 is 0 Å². The maximum atomic E-state index is 13.3. The van der Waals surface area contributed by atoms with Crippen LogP contribution in [0.15, 0.2) is 54.6 Å². The Morgan fingerprint density at radius 3 is 2.80 bits per heavy atom. The van der Waals surface area contributed by atoms with E-state index < -0.39 is 6.04 Å². The Bertz CT molecular complexity index is 1110. The minimum Gasteiger partial charge on any atom is -0.496 e. The third-order valence-electron chi connectivity index (χ3n) is 4.24. The number of hydrogen-bond donors (Lipinski definition) is 0. The highest BCUT2D eigenvalue weighted by Gasteiger charge is 2.16. The number of ether oxygens (including phenoxy) is 1. The molecule has 0 fully saturated rings. The van der Waals surface area contributed by atoms with E-state index in [1.54, 1.807) is 28.8 Å². The van der Waals surface area contributed by atoms with Crippen molar-refractivity contribution in [1.82, 2.24) is 4.57 Å². The van der Waals surface area contributed by atoms with E-state index in [9.17, 15) is 4.79 Å². The number of ketones is 1. The average Bonchev–Trinajstić information content (AvgIpc) is 3.03. The van der Waals surface area contributed by atoms with E-state index in [-0.39, 0.29) is 53.0 Å². The Hall–Kier alpha value is -2.55. The number of methoxy groups -OCH3 is 1. The normalized spacial score (nSPS) is 13.8. The molecular formula is C22H25NO2. The van der Waals surface area contributed by atoms with Gasteiger partial charge in [0, 0.05) is 41.2 Å². The quantitative estimate of drug-likeness (QED) is 0.413. The molecule has 1 heterocycles. The van der Waals surface area contributed by atoms with Gasteiger partial charge in [0.2, 0.25) is 0 Å². The topological polar surface area (TPSA) is 31.2 Å². The first-order valence-electron chi connectivity index (χ1n) is 11.1. The highest BCUT2D eigenvalue weighted by atomic mass is 16.5. The fourth-order valence-electron chi connectivity index (χ4n) is 2.94. The van der Waals surface area contributed by atoms with Gasteiger partial charge in [-0.1, -0.05) is 56.1 Å². The highest BCUT2D eigenvalue weighted by Crippen LogP contribution is 2.25. The number of hydrogen-bond acceptors (Lipinski definition) is 2. The van der Waals surface area contributed by atoms with Crippen molar-refractivity contribution in [2.24, 2.45) is 0 Å². The maximum absolute atomic E-state index is 13.3. The summed E-state index contributed by atoms with van der Waals surface area (Å²) in [6.45, 7) is 2.48. The molecule has 0 spiro atoms. The van der Waals surface area contributed by atoms with Crippen molar-refractivity contribution in [3.63, 3.8) is 0 Å². The molecule has 0 amide bonds. The van der Waals surface area contributed by atoms with Crippen LogP contribution < -0.4 is 4.74 Å². The van der Waals surface area contributed by atoms with E-state index in [0.717, 1.165) is 19.3 Å². The molecule has 0 aliphatic heterocycles. The molecule has 0 radical (unpaired) electrons. The fraction of sp³-hybridized carbons (Fsp3) is 0.318. The summed E-state index contributed by atoms with van der Waals surface area (Å²) in [4.78, 5) is 13.3. The van der Waals surface area contributed by atoms with Crippen LogP contribution in [0.3, 0.4) is 0 Å². The molecule has 3 nitrogen and oxygen atoms in total. The zero-order chi connectivity index (χ0) is 22.0. The molecule has 130 valence electrons. The van der Waals surface area contributed by atoms with E-state index in [2.05, 4.69) is 6.92 Å². The van der Waals surface area contributed by atoms with Gasteiger partial charge in [-0.05, 0) is 18.5 Å². The standard InChI is InChI=1S/C22H25NO2/c1-3-4-9-14-23-16-19(18-11-6-7-12-20(18)23)21(24)15-17-10-5-8-13-22(17)25-2/h5-8,10-13,16H,3-4,9,14-15H2,1-2H3/i6D,7D,11D,12D,16D. The van der Waals surface area contributed by atoms with Gasteiger partial charge in [-0.25, -0.2) is 0 Å². The first-order chi connectivity index (χ1) is 14.3. The van der Waals surface area contributed by atoms with Gasteiger partial charge in [-0.15, -0.1) is 0 Å². The van der Waals surface area contributed by atoms with Crippen molar-refractivity contribution in [3.05, 3.63) is 65.7 Å². The SMILES string of the molecule is [2H]c1c([2H])c([2H])c2c(c1[2H])c(C(=O)Cc1ccccc1OC)c([2H])n2CCCCC. The average molecular weight is 340 g/mol. The molecule has 25 heavy (non-hydrogen) atoms. The van der Waals surface area contributed by atoms with Gasteiger partial charge in [0.25, 0.3) is 0 Å². The van der Waals surface area contributed by atoms with Crippen LogP contribution in [0.4, 0.5) is 0 Å². The third-order valence-corrected chi connectivity index (χ3v) is 4.24. The highest BCUT2D eigenvalue weighted by molar-refractivity contribution is 6.09. The number of unbranched alkanes of at least 4 members (excludes halogenated alkanes) is 2. The summed E-state index contributed by atoms with van der Waals surface area (Å²) in [5, 5.41) is 0.127. The molecule has 2 aromatic carbocycles. The van der Waals surface area contributed by atoms with Crippen LogP contribution in [0.25, 0.3) is 10.9 Å². The molecule has 3 rings (SSSR count). The summed E-state index contributed by atoms with van der Waals surface area (Å²) in [6.07, 6.45) is 2.58. The van der Waals surface area contributed by atoms with Gasteiger partial charge in [0.1, 0.15) is 5.75 Å². The second-order valence-electron chi connectivity index (χ2n) is 5.98. The Morgan fingerprint density at radius 1 is 1.20 bits per heavy atom. The van der Waals surface area contributed by atoms with Crippen molar-refractivity contribution >= 4 is 16.7 Å². The van der Waals surface area contributed by atoms with Crippen LogP contribution in [0.1, 0.15) is 49.0 Å². The molecule has 0 atom stereocenters. The fourth-order valence-corrected chi connectivity index (χ4v) is 2.94. The Labute approximate surface area is 156 Å². The summed E-state index contributed by atoms with van der Waals surface area (Å²) < 4.78 is 48.3. The van der Waals surface area contributed by atoms with Crippen molar-refractivity contribution in [2.45, 2.75) is 39.2 Å². The number of benzene rings is 2. The molecule has 1 aromatic heterocycles. The largest absolute Gasteiger partial charge is 0.496 e. The molecule has 3 aromatic rings. The molecule has 0 aliphatic carbocycles. The molecule has 0 bridgehead atoms. The number of Topliss-reactive ketones (excluding diaryl/α,β-unsaturated/α-hetero) is 1. The second kappa shape index (κ2) is 8.02. The van der Waals surface area contributed by atoms with Crippen LogP contribution in [0.5, 0.6) is 5.75 Å². The van der Waals surface area contributed by atoms with Crippen LogP contribution in [-0.4, -0.2) is 17.5 Å². The van der Waals surface area contributed by atoms with Crippen LogP contribution >= 0.6 is 0 Å². The molecule has 0 unspecified atom stereocenters. The van der Waals surface area contributed by atoms with E-state index in [4.69, 9.17) is 11.6 Å². The Kier molecular flexibility index (Phi) is 3.82.